The van der Waals surface area contributed by atoms with E-state index in [1.54, 1.807) is 0 Å². The van der Waals surface area contributed by atoms with Crippen LogP contribution in [0.3, 0.4) is 0 Å². The van der Waals surface area contributed by atoms with Crippen molar-refractivity contribution in [1.82, 2.24) is 15.1 Å². The van der Waals surface area contributed by atoms with Gasteiger partial charge in [-0.15, -0.1) is 0 Å². The van der Waals surface area contributed by atoms with E-state index in [2.05, 4.69) is 22.0 Å². The van der Waals surface area contributed by atoms with E-state index in [-0.39, 0.29) is 12.6 Å². The molecule has 0 amide bonds. The Hall–Kier alpha value is -0.200. The zero-order valence-corrected chi connectivity index (χ0v) is 11.5. The van der Waals surface area contributed by atoms with Crippen LogP contribution in [0.15, 0.2) is 0 Å². The Kier molecular flexibility index (Phi) is 5.85. The first-order valence-corrected chi connectivity index (χ1v) is 7.18. The van der Waals surface area contributed by atoms with Crippen LogP contribution in [-0.2, 0) is 4.74 Å². The van der Waals surface area contributed by atoms with Gasteiger partial charge in [-0.1, -0.05) is 0 Å². The largest absolute Gasteiger partial charge is 0.395 e. The number of rotatable bonds is 4. The summed E-state index contributed by atoms with van der Waals surface area (Å²) in [5.74, 6) is 0. The molecule has 106 valence electrons. The third-order valence-corrected chi connectivity index (χ3v) is 4.09. The summed E-state index contributed by atoms with van der Waals surface area (Å²) in [6.45, 7) is 10.4. The van der Waals surface area contributed by atoms with Crippen LogP contribution in [0.4, 0.5) is 0 Å². The van der Waals surface area contributed by atoms with Gasteiger partial charge in [0.15, 0.2) is 0 Å². The summed E-state index contributed by atoms with van der Waals surface area (Å²) in [5.41, 5.74) is 0. The van der Waals surface area contributed by atoms with Crippen LogP contribution in [0.2, 0.25) is 0 Å². The summed E-state index contributed by atoms with van der Waals surface area (Å²) in [7, 11) is 0. The highest BCUT2D eigenvalue weighted by Crippen LogP contribution is 2.08. The molecule has 2 aliphatic heterocycles. The summed E-state index contributed by atoms with van der Waals surface area (Å²) in [5, 5.41) is 13.0. The maximum atomic E-state index is 9.49. The fourth-order valence-electron chi connectivity index (χ4n) is 2.68. The van der Waals surface area contributed by atoms with E-state index in [0.717, 1.165) is 52.5 Å². The highest BCUT2D eigenvalue weighted by Gasteiger charge is 2.23. The molecule has 0 aromatic carbocycles. The van der Waals surface area contributed by atoms with Crippen molar-refractivity contribution < 1.29 is 9.84 Å². The molecule has 2 unspecified atom stereocenters. The average molecular weight is 257 g/mol. The average Bonchev–Trinajstić information content (AvgIpc) is 2.59. The molecule has 5 heteroatoms. The highest BCUT2D eigenvalue weighted by molar-refractivity contribution is 4.81. The van der Waals surface area contributed by atoms with Crippen molar-refractivity contribution in [3.05, 3.63) is 0 Å². The Bertz CT molecular complexity index is 234. The van der Waals surface area contributed by atoms with Crippen LogP contribution in [0.25, 0.3) is 0 Å². The topological polar surface area (TPSA) is 48.0 Å². The Morgan fingerprint density at radius 2 is 2.00 bits per heavy atom. The molecule has 0 radical (unpaired) electrons. The molecule has 2 atom stereocenters. The third kappa shape index (κ3) is 4.17. The summed E-state index contributed by atoms with van der Waals surface area (Å²) < 4.78 is 5.36. The Balaban J connectivity index is 1.77. The molecule has 2 fully saturated rings. The second-order valence-electron chi connectivity index (χ2n) is 5.42. The molecule has 2 N–H and O–H groups in total. The minimum atomic E-state index is 0.253. The van der Waals surface area contributed by atoms with E-state index in [0.29, 0.717) is 6.04 Å². The number of hydrogen-bond donors (Lipinski definition) is 2. The Morgan fingerprint density at radius 3 is 2.72 bits per heavy atom. The number of nitrogens with one attached hydrogen (secondary N) is 1. The molecular formula is C13H27N3O2. The first-order valence-electron chi connectivity index (χ1n) is 7.18. The predicted molar refractivity (Wildman–Crippen MR) is 71.8 cm³/mol. The van der Waals surface area contributed by atoms with Gasteiger partial charge in [0.05, 0.1) is 19.8 Å². The zero-order chi connectivity index (χ0) is 12.8. The van der Waals surface area contributed by atoms with E-state index < -0.39 is 0 Å². The number of aliphatic hydroxyl groups is 1. The summed E-state index contributed by atoms with van der Waals surface area (Å²) in [6, 6.07) is 0.837. The summed E-state index contributed by atoms with van der Waals surface area (Å²) in [4.78, 5) is 4.89. The van der Waals surface area contributed by atoms with Crippen LogP contribution in [0.5, 0.6) is 0 Å². The van der Waals surface area contributed by atoms with Gasteiger partial charge in [-0.3, -0.25) is 9.80 Å². The number of aliphatic hydroxyl groups excluding tert-OH is 1. The molecule has 0 aromatic heterocycles. The smallest absolute Gasteiger partial charge is 0.0599 e. The van der Waals surface area contributed by atoms with Crippen LogP contribution in [0, 0.1) is 0 Å². The number of nitrogens with zero attached hydrogens (tertiary/aromatic N) is 2. The minimum Gasteiger partial charge on any atom is -0.395 e. The SMILES string of the molecule is CC1CCN(CCN2CCOCC2)C(CO)CN1. The van der Waals surface area contributed by atoms with Crippen LogP contribution < -0.4 is 5.32 Å². The van der Waals surface area contributed by atoms with Gasteiger partial charge in [0.25, 0.3) is 0 Å². The number of morpholine rings is 1. The van der Waals surface area contributed by atoms with Crippen LogP contribution in [0.1, 0.15) is 13.3 Å². The molecule has 5 nitrogen and oxygen atoms in total. The molecule has 0 bridgehead atoms. The van der Waals surface area contributed by atoms with Crippen LogP contribution in [-0.4, -0.2) is 86.1 Å². The molecule has 0 spiro atoms. The van der Waals surface area contributed by atoms with Gasteiger partial charge in [0.2, 0.25) is 0 Å². The summed E-state index contributed by atoms with van der Waals surface area (Å²) in [6.07, 6.45) is 1.17. The second kappa shape index (κ2) is 7.40. The van der Waals surface area contributed by atoms with Gasteiger partial charge in [-0.2, -0.15) is 0 Å². The molecule has 2 heterocycles. The lowest BCUT2D eigenvalue weighted by atomic mass is 10.2. The lowest BCUT2D eigenvalue weighted by Crippen LogP contribution is -2.47. The fraction of sp³-hybridized carbons (Fsp3) is 1.00. The third-order valence-electron chi connectivity index (χ3n) is 4.09. The van der Waals surface area contributed by atoms with Gasteiger partial charge in [-0.25, -0.2) is 0 Å². The fourth-order valence-corrected chi connectivity index (χ4v) is 2.68. The van der Waals surface area contributed by atoms with Gasteiger partial charge in [-0.05, 0) is 13.3 Å². The van der Waals surface area contributed by atoms with Crippen molar-refractivity contribution >= 4 is 0 Å². The lowest BCUT2D eigenvalue weighted by Gasteiger charge is -2.32. The van der Waals surface area contributed by atoms with Crippen LogP contribution >= 0.6 is 0 Å². The number of hydrogen-bond acceptors (Lipinski definition) is 5. The van der Waals surface area contributed by atoms with E-state index in [1.807, 2.05) is 0 Å². The van der Waals surface area contributed by atoms with E-state index in [4.69, 9.17) is 4.74 Å². The maximum Gasteiger partial charge on any atom is 0.0599 e. The predicted octanol–water partition coefficient (Wildman–Crippen LogP) is -0.637. The second-order valence-corrected chi connectivity index (χ2v) is 5.42. The molecular weight excluding hydrogens is 230 g/mol. The van der Waals surface area contributed by atoms with E-state index in [9.17, 15) is 5.11 Å². The first-order chi connectivity index (χ1) is 8.79. The van der Waals surface area contributed by atoms with Gasteiger partial charge >= 0.3 is 0 Å². The molecule has 2 saturated heterocycles. The van der Waals surface area contributed by atoms with E-state index in [1.165, 1.54) is 6.42 Å². The molecule has 2 rings (SSSR count). The van der Waals surface area contributed by atoms with Crippen molar-refractivity contribution in [2.24, 2.45) is 0 Å². The monoisotopic (exact) mass is 257 g/mol. The zero-order valence-electron chi connectivity index (χ0n) is 11.5. The molecule has 0 aliphatic carbocycles. The van der Waals surface area contributed by atoms with Crippen molar-refractivity contribution in [2.75, 3.05) is 59.1 Å². The maximum absolute atomic E-state index is 9.49. The first kappa shape index (κ1) is 14.2. The van der Waals surface area contributed by atoms with Crippen molar-refractivity contribution in [3.63, 3.8) is 0 Å². The molecule has 0 aromatic rings. The van der Waals surface area contributed by atoms with Gasteiger partial charge in [0.1, 0.15) is 0 Å². The minimum absolute atomic E-state index is 0.253. The van der Waals surface area contributed by atoms with Crippen molar-refractivity contribution in [1.29, 1.82) is 0 Å². The lowest BCUT2D eigenvalue weighted by molar-refractivity contribution is 0.0289. The number of ether oxygens (including phenoxy) is 1. The molecule has 18 heavy (non-hydrogen) atoms. The normalized spacial score (nSPS) is 32.3. The quantitative estimate of drug-likeness (QED) is 0.702. The van der Waals surface area contributed by atoms with E-state index >= 15 is 0 Å². The molecule has 0 saturated carbocycles. The standard InChI is InChI=1S/C13H27N3O2/c1-12-2-3-16(13(11-17)10-14-12)5-4-15-6-8-18-9-7-15/h12-14,17H,2-11H2,1H3. The van der Waals surface area contributed by atoms with Gasteiger partial charge in [0, 0.05) is 51.4 Å². The Labute approximate surface area is 110 Å². The van der Waals surface area contributed by atoms with Crippen molar-refractivity contribution in [2.45, 2.75) is 25.4 Å². The van der Waals surface area contributed by atoms with Crippen molar-refractivity contribution in [3.8, 4) is 0 Å². The van der Waals surface area contributed by atoms with Gasteiger partial charge < -0.3 is 15.2 Å². The molecule has 2 aliphatic rings. The Morgan fingerprint density at radius 1 is 1.22 bits per heavy atom. The summed E-state index contributed by atoms with van der Waals surface area (Å²) >= 11 is 0. The highest BCUT2D eigenvalue weighted by atomic mass is 16.5.